The zero-order chi connectivity index (χ0) is 12.9. The average molecular weight is 277 g/mol. The van der Waals surface area contributed by atoms with Crippen molar-refractivity contribution in [3.8, 4) is 0 Å². The quantitative estimate of drug-likeness (QED) is 0.145. The summed E-state index contributed by atoms with van der Waals surface area (Å²) in [5, 5.41) is 19.3. The Morgan fingerprint density at radius 2 is 1.89 bits per heavy atom. The Hall–Kier alpha value is 0.0564. The van der Waals surface area contributed by atoms with Gasteiger partial charge >= 0.3 is 57.4 Å². The molecule has 18 heavy (non-hydrogen) atoms. The zero-order valence-corrected chi connectivity index (χ0v) is 14.4. The van der Waals surface area contributed by atoms with E-state index < -0.39 is 11.9 Å². The number of aliphatic imine (C=N–C) groups is 1. The van der Waals surface area contributed by atoms with Crippen molar-refractivity contribution in [2.24, 2.45) is 4.99 Å². The third kappa shape index (κ3) is 16.1. The Morgan fingerprint density at radius 3 is 2.50 bits per heavy atom. The standard InChI is InChI=1S/C13H21NO3.K/c1-2-3-4-5-6-7-8-11-14-12(15)9-10-13(16)17;/h2-3,9-10H,4-8,11H2,1H3,(H,14,15)(H,16,17);/q;+1/p-1/b3-2+,10-9+;. The monoisotopic (exact) mass is 277 g/mol. The minimum Gasteiger partial charge on any atom is -0.859 e. The summed E-state index contributed by atoms with van der Waals surface area (Å²) in [6, 6.07) is 0. The molecule has 0 spiro atoms. The second-order valence-electron chi connectivity index (χ2n) is 3.66. The predicted molar refractivity (Wildman–Crippen MR) is 67.0 cm³/mol. The van der Waals surface area contributed by atoms with Gasteiger partial charge in [0.15, 0.2) is 0 Å². The van der Waals surface area contributed by atoms with Crippen LogP contribution in [0.1, 0.15) is 39.0 Å². The number of unbranched alkanes of at least 4 members (excludes halogenated alkanes) is 4. The molecule has 0 atom stereocenters. The van der Waals surface area contributed by atoms with Crippen molar-refractivity contribution in [2.45, 2.75) is 39.0 Å². The number of rotatable bonds is 9. The van der Waals surface area contributed by atoms with Crippen molar-refractivity contribution in [3.05, 3.63) is 24.3 Å². The maximum absolute atomic E-state index is 11.0. The Bertz CT molecular complexity index is 299. The van der Waals surface area contributed by atoms with Crippen molar-refractivity contribution in [1.82, 2.24) is 0 Å². The molecule has 0 heterocycles. The summed E-state index contributed by atoms with van der Waals surface area (Å²) in [5.74, 6) is -1.60. The molecule has 0 fully saturated rings. The molecule has 0 radical (unpaired) electrons. The second kappa shape index (κ2) is 15.1. The minimum absolute atomic E-state index is 0. The van der Waals surface area contributed by atoms with Crippen molar-refractivity contribution >= 4 is 11.9 Å². The molecule has 1 N–H and O–H groups in total. The molecule has 5 heteroatoms. The number of nitrogens with zero attached hydrogens (tertiary/aromatic N) is 1. The average Bonchev–Trinajstić information content (AvgIpc) is 2.30. The van der Waals surface area contributed by atoms with Crippen LogP contribution in [0.5, 0.6) is 0 Å². The van der Waals surface area contributed by atoms with Gasteiger partial charge in [0.2, 0.25) is 0 Å². The molecule has 0 aromatic heterocycles. The molecule has 96 valence electrons. The van der Waals surface area contributed by atoms with Gasteiger partial charge in [-0.2, -0.15) is 0 Å². The summed E-state index contributed by atoms with van der Waals surface area (Å²) >= 11 is 0. The third-order valence-electron chi connectivity index (χ3n) is 2.15. The van der Waals surface area contributed by atoms with E-state index >= 15 is 0 Å². The molecular formula is C13H20KNO3. The van der Waals surface area contributed by atoms with Crippen LogP contribution in [0.15, 0.2) is 29.3 Å². The van der Waals surface area contributed by atoms with E-state index in [1.165, 1.54) is 0 Å². The fraction of sp³-hybridized carbons (Fsp3) is 0.538. The first-order valence-corrected chi connectivity index (χ1v) is 5.90. The molecule has 0 bridgehead atoms. The molecule has 0 aromatic carbocycles. The zero-order valence-electron chi connectivity index (χ0n) is 11.3. The van der Waals surface area contributed by atoms with E-state index in [1.54, 1.807) is 0 Å². The van der Waals surface area contributed by atoms with Gasteiger partial charge in [0, 0.05) is 12.6 Å². The number of carboxylic acid groups (broad SMARTS) is 1. The van der Waals surface area contributed by atoms with Gasteiger partial charge in [-0.25, -0.2) is 4.79 Å². The summed E-state index contributed by atoms with van der Waals surface area (Å²) < 4.78 is 0. The van der Waals surface area contributed by atoms with E-state index in [1.807, 2.05) is 13.0 Å². The van der Waals surface area contributed by atoms with Crippen LogP contribution in [-0.2, 0) is 4.79 Å². The van der Waals surface area contributed by atoms with Gasteiger partial charge in [-0.1, -0.05) is 25.0 Å². The van der Waals surface area contributed by atoms with Crippen LogP contribution in [-0.4, -0.2) is 23.5 Å². The van der Waals surface area contributed by atoms with E-state index in [2.05, 4.69) is 11.1 Å². The van der Waals surface area contributed by atoms with Crippen LogP contribution in [0.3, 0.4) is 0 Å². The summed E-state index contributed by atoms with van der Waals surface area (Å²) in [6.45, 7) is 2.49. The summed E-state index contributed by atoms with van der Waals surface area (Å²) in [6.07, 6.45) is 11.3. The first-order chi connectivity index (χ1) is 8.16. The molecular weight excluding hydrogens is 257 g/mol. The summed E-state index contributed by atoms with van der Waals surface area (Å²) in [5.41, 5.74) is 0. The molecule has 0 rings (SSSR count). The van der Waals surface area contributed by atoms with Gasteiger partial charge in [0.25, 0.3) is 0 Å². The molecule has 0 aliphatic carbocycles. The van der Waals surface area contributed by atoms with Gasteiger partial charge in [0.1, 0.15) is 0 Å². The minimum atomic E-state index is -1.13. The van der Waals surface area contributed by atoms with Crippen molar-refractivity contribution in [1.29, 1.82) is 0 Å². The van der Waals surface area contributed by atoms with Crippen molar-refractivity contribution in [2.75, 3.05) is 6.54 Å². The Balaban J connectivity index is 0. The Morgan fingerprint density at radius 1 is 1.22 bits per heavy atom. The summed E-state index contributed by atoms with van der Waals surface area (Å²) in [7, 11) is 0. The molecule has 0 saturated heterocycles. The van der Waals surface area contributed by atoms with Gasteiger partial charge < -0.3 is 15.2 Å². The first kappa shape index (κ1) is 20.4. The smallest absolute Gasteiger partial charge is 0.859 e. The Kier molecular flexibility index (Phi) is 17.1. The van der Waals surface area contributed by atoms with E-state index in [9.17, 15) is 9.90 Å². The molecule has 0 aromatic rings. The van der Waals surface area contributed by atoms with Gasteiger partial charge in [-0.15, -0.1) is 0 Å². The van der Waals surface area contributed by atoms with Crippen LogP contribution < -0.4 is 56.5 Å². The van der Waals surface area contributed by atoms with Crippen molar-refractivity contribution < 1.29 is 66.4 Å². The topological polar surface area (TPSA) is 72.7 Å². The number of carboxylic acids is 1. The SMILES string of the molecule is C/C=C/CCCCCCN=C([O-])/C=C/C(=O)O.[K+]. The number of allylic oxidation sites excluding steroid dienone is 2. The van der Waals surface area contributed by atoms with E-state index in [0.717, 1.165) is 44.3 Å². The van der Waals surface area contributed by atoms with Crippen LogP contribution >= 0.6 is 0 Å². The maximum atomic E-state index is 11.0. The maximum Gasteiger partial charge on any atom is 1.00 e. The molecule has 0 aliphatic rings. The third-order valence-corrected chi connectivity index (χ3v) is 2.15. The predicted octanol–water partition coefficient (Wildman–Crippen LogP) is -1.08. The van der Waals surface area contributed by atoms with Crippen LogP contribution in [0.4, 0.5) is 0 Å². The number of hydrogen-bond donors (Lipinski definition) is 1. The van der Waals surface area contributed by atoms with Gasteiger partial charge in [-0.3, -0.25) is 0 Å². The van der Waals surface area contributed by atoms with Crippen molar-refractivity contribution in [3.63, 3.8) is 0 Å². The normalized spacial score (nSPS) is 11.9. The molecule has 0 unspecified atom stereocenters. The first-order valence-electron chi connectivity index (χ1n) is 5.90. The second-order valence-corrected chi connectivity index (χ2v) is 3.66. The number of carbonyl (C=O) groups is 1. The molecule has 0 amide bonds. The molecule has 0 aliphatic heterocycles. The van der Waals surface area contributed by atoms with E-state index in [-0.39, 0.29) is 51.4 Å². The molecule has 4 nitrogen and oxygen atoms in total. The largest absolute Gasteiger partial charge is 1.00 e. The fourth-order valence-corrected chi connectivity index (χ4v) is 1.28. The fourth-order valence-electron chi connectivity index (χ4n) is 1.28. The summed E-state index contributed by atoms with van der Waals surface area (Å²) in [4.78, 5) is 13.8. The van der Waals surface area contributed by atoms with Crippen LogP contribution in [0.2, 0.25) is 0 Å². The van der Waals surface area contributed by atoms with E-state index in [0.29, 0.717) is 6.54 Å². The number of hydrogen-bond acceptors (Lipinski definition) is 3. The van der Waals surface area contributed by atoms with E-state index in [4.69, 9.17) is 5.11 Å². The Labute approximate surface area is 151 Å². The van der Waals surface area contributed by atoms with Gasteiger partial charge in [-0.05, 0) is 38.2 Å². The van der Waals surface area contributed by atoms with Crippen LogP contribution in [0.25, 0.3) is 0 Å². The molecule has 0 saturated carbocycles. The van der Waals surface area contributed by atoms with Crippen LogP contribution in [0, 0.1) is 0 Å². The number of aliphatic carboxylic acids is 1. The van der Waals surface area contributed by atoms with Gasteiger partial charge in [0.05, 0.1) is 0 Å².